The van der Waals surface area contributed by atoms with Gasteiger partial charge < -0.3 is 0 Å². The average molecular weight is 272 g/mol. The van der Waals surface area contributed by atoms with E-state index >= 15 is 0 Å². The highest BCUT2D eigenvalue weighted by atomic mass is 16.1. The summed E-state index contributed by atoms with van der Waals surface area (Å²) in [5, 5.41) is 3.33. The third kappa shape index (κ3) is 2.87. The maximum atomic E-state index is 12.6. The van der Waals surface area contributed by atoms with E-state index in [0.29, 0.717) is 0 Å². The molecule has 2 rings (SSSR count). The number of nitrogens with one attached hydrogen (secondary N) is 1. The van der Waals surface area contributed by atoms with Crippen LogP contribution in [0.25, 0.3) is 5.69 Å². The van der Waals surface area contributed by atoms with Crippen molar-refractivity contribution in [3.05, 3.63) is 51.4 Å². The lowest BCUT2D eigenvalue weighted by Gasteiger charge is -2.05. The second kappa shape index (κ2) is 6.60. The van der Waals surface area contributed by atoms with Crippen molar-refractivity contribution in [2.24, 2.45) is 0 Å². The molecule has 0 aliphatic rings. The number of nitrogens with zero attached hydrogens (tertiary/aromatic N) is 1. The first-order valence-electron chi connectivity index (χ1n) is 7.57. The summed E-state index contributed by atoms with van der Waals surface area (Å²) in [6.45, 7) is 6.33. The van der Waals surface area contributed by atoms with Crippen LogP contribution in [0.1, 0.15) is 49.9 Å². The summed E-state index contributed by atoms with van der Waals surface area (Å²) in [5.41, 5.74) is 4.26. The molecule has 0 bridgehead atoms. The molecule has 0 saturated heterocycles. The highest BCUT2D eigenvalue weighted by molar-refractivity contribution is 5.40. The zero-order valence-electron chi connectivity index (χ0n) is 12.7. The molecule has 0 saturated carbocycles. The van der Waals surface area contributed by atoms with Crippen molar-refractivity contribution in [2.45, 2.75) is 52.9 Å². The highest BCUT2D eigenvalue weighted by Gasteiger charge is 2.14. The van der Waals surface area contributed by atoms with Crippen LogP contribution in [0, 0.1) is 6.92 Å². The van der Waals surface area contributed by atoms with Gasteiger partial charge in [0.15, 0.2) is 0 Å². The van der Waals surface area contributed by atoms with Crippen LogP contribution in [0.15, 0.2) is 29.1 Å². The molecule has 0 atom stereocenters. The average Bonchev–Trinajstić information content (AvgIpc) is 2.75. The van der Waals surface area contributed by atoms with Crippen LogP contribution in [-0.4, -0.2) is 9.78 Å². The summed E-state index contributed by atoms with van der Waals surface area (Å²) in [6.07, 6.45) is 5.07. The topological polar surface area (TPSA) is 37.8 Å². The molecule has 1 N–H and O–H groups in total. The van der Waals surface area contributed by atoms with E-state index in [1.165, 1.54) is 0 Å². The molecule has 0 unspecified atom stereocenters. The van der Waals surface area contributed by atoms with E-state index in [1.54, 1.807) is 4.68 Å². The number of benzene rings is 1. The van der Waals surface area contributed by atoms with E-state index in [0.717, 1.165) is 54.6 Å². The lowest BCUT2D eigenvalue weighted by atomic mass is 10.1. The lowest BCUT2D eigenvalue weighted by Crippen LogP contribution is -2.18. The maximum absolute atomic E-state index is 12.6. The fraction of sp³-hybridized carbons (Fsp3) is 0.471. The summed E-state index contributed by atoms with van der Waals surface area (Å²) >= 11 is 0. The van der Waals surface area contributed by atoms with Crippen molar-refractivity contribution in [3.63, 3.8) is 0 Å². The van der Waals surface area contributed by atoms with Gasteiger partial charge in [0.2, 0.25) is 0 Å². The van der Waals surface area contributed by atoms with Gasteiger partial charge in [-0.3, -0.25) is 9.89 Å². The summed E-state index contributed by atoms with van der Waals surface area (Å²) in [4.78, 5) is 12.6. The minimum Gasteiger partial charge on any atom is -0.295 e. The Kier molecular flexibility index (Phi) is 4.83. The number of para-hydroxylation sites is 1. The van der Waals surface area contributed by atoms with Gasteiger partial charge in [-0.2, -0.15) is 0 Å². The van der Waals surface area contributed by atoms with Crippen LogP contribution in [0.4, 0.5) is 0 Å². The molecule has 1 aromatic carbocycles. The Bertz CT molecular complexity index is 622. The van der Waals surface area contributed by atoms with Crippen LogP contribution in [0.5, 0.6) is 0 Å². The van der Waals surface area contributed by atoms with E-state index in [9.17, 15) is 4.79 Å². The van der Waals surface area contributed by atoms with Crippen LogP contribution in [-0.2, 0) is 12.8 Å². The third-order valence-electron chi connectivity index (χ3n) is 3.71. The van der Waals surface area contributed by atoms with Crippen molar-refractivity contribution in [3.8, 4) is 5.69 Å². The van der Waals surface area contributed by atoms with E-state index in [1.807, 2.05) is 31.2 Å². The molecule has 108 valence electrons. The Morgan fingerprint density at radius 2 is 1.85 bits per heavy atom. The number of hydrogen-bond donors (Lipinski definition) is 1. The first-order valence-corrected chi connectivity index (χ1v) is 7.57. The molecule has 0 spiro atoms. The largest absolute Gasteiger partial charge is 0.295 e. The fourth-order valence-electron chi connectivity index (χ4n) is 2.57. The summed E-state index contributed by atoms with van der Waals surface area (Å²) in [6, 6.07) is 8.00. The van der Waals surface area contributed by atoms with Crippen molar-refractivity contribution < 1.29 is 0 Å². The molecule has 1 heterocycles. The first kappa shape index (κ1) is 14.6. The molecule has 0 fully saturated rings. The van der Waals surface area contributed by atoms with Gasteiger partial charge in [-0.05, 0) is 37.8 Å². The zero-order valence-corrected chi connectivity index (χ0v) is 12.7. The molecule has 0 amide bonds. The van der Waals surface area contributed by atoms with Gasteiger partial charge in [-0.15, -0.1) is 0 Å². The Morgan fingerprint density at radius 1 is 1.10 bits per heavy atom. The second-order valence-corrected chi connectivity index (χ2v) is 5.35. The van der Waals surface area contributed by atoms with Crippen LogP contribution < -0.4 is 5.56 Å². The smallest absolute Gasteiger partial charge is 0.274 e. The molecular weight excluding hydrogens is 248 g/mol. The van der Waals surface area contributed by atoms with Gasteiger partial charge in [0, 0.05) is 11.3 Å². The molecule has 3 nitrogen and oxygen atoms in total. The zero-order chi connectivity index (χ0) is 14.5. The lowest BCUT2D eigenvalue weighted by molar-refractivity contribution is 0.742. The van der Waals surface area contributed by atoms with Crippen molar-refractivity contribution >= 4 is 0 Å². The SMILES string of the molecule is CCCCc1[nH]n(-c2ccccc2C)c(=O)c1CCC. The van der Waals surface area contributed by atoms with Crippen molar-refractivity contribution in [1.82, 2.24) is 9.78 Å². The Morgan fingerprint density at radius 3 is 2.50 bits per heavy atom. The van der Waals surface area contributed by atoms with Crippen molar-refractivity contribution in [2.75, 3.05) is 0 Å². The van der Waals surface area contributed by atoms with Gasteiger partial charge in [0.05, 0.1) is 5.69 Å². The van der Waals surface area contributed by atoms with E-state index in [4.69, 9.17) is 0 Å². The summed E-state index contributed by atoms with van der Waals surface area (Å²) in [7, 11) is 0. The summed E-state index contributed by atoms with van der Waals surface area (Å²) in [5.74, 6) is 0. The van der Waals surface area contributed by atoms with Crippen molar-refractivity contribution in [1.29, 1.82) is 0 Å². The number of aromatic nitrogens is 2. The normalized spacial score (nSPS) is 10.9. The Hall–Kier alpha value is -1.77. The number of aryl methyl sites for hydroxylation is 2. The van der Waals surface area contributed by atoms with Gasteiger partial charge >= 0.3 is 0 Å². The number of aromatic amines is 1. The predicted octanol–water partition coefficient (Wildman–Crippen LogP) is 3.77. The molecule has 20 heavy (non-hydrogen) atoms. The van der Waals surface area contributed by atoms with Crippen LogP contribution in [0.3, 0.4) is 0 Å². The number of rotatable bonds is 6. The number of unbranched alkanes of at least 4 members (excludes halogenated alkanes) is 1. The molecule has 2 aromatic rings. The van der Waals surface area contributed by atoms with Gasteiger partial charge in [0.1, 0.15) is 0 Å². The molecule has 0 radical (unpaired) electrons. The standard InChI is InChI=1S/C17H24N2O/c1-4-6-11-15-14(9-5-2)17(20)19(18-15)16-12-8-7-10-13(16)3/h7-8,10,12,18H,4-6,9,11H2,1-3H3. The van der Waals surface area contributed by atoms with Gasteiger partial charge in [-0.25, -0.2) is 4.68 Å². The van der Waals surface area contributed by atoms with E-state index in [2.05, 4.69) is 18.9 Å². The molecule has 1 aromatic heterocycles. The summed E-state index contributed by atoms with van der Waals surface area (Å²) < 4.78 is 1.71. The molecule has 0 aliphatic heterocycles. The fourth-order valence-corrected chi connectivity index (χ4v) is 2.57. The van der Waals surface area contributed by atoms with E-state index < -0.39 is 0 Å². The molecule has 3 heteroatoms. The second-order valence-electron chi connectivity index (χ2n) is 5.35. The monoisotopic (exact) mass is 272 g/mol. The minimum atomic E-state index is 0.118. The highest BCUT2D eigenvalue weighted by Crippen LogP contribution is 2.14. The van der Waals surface area contributed by atoms with E-state index in [-0.39, 0.29) is 5.56 Å². The third-order valence-corrected chi connectivity index (χ3v) is 3.71. The van der Waals surface area contributed by atoms with Gasteiger partial charge in [-0.1, -0.05) is 44.9 Å². The number of H-pyrrole nitrogens is 1. The quantitative estimate of drug-likeness (QED) is 0.854. The Balaban J connectivity index is 2.49. The first-order chi connectivity index (χ1) is 9.69. The Labute approximate surface area is 120 Å². The molecular formula is C17H24N2O. The maximum Gasteiger partial charge on any atom is 0.274 e. The van der Waals surface area contributed by atoms with Crippen LogP contribution in [0.2, 0.25) is 0 Å². The van der Waals surface area contributed by atoms with Gasteiger partial charge in [0.25, 0.3) is 5.56 Å². The van der Waals surface area contributed by atoms with Crippen LogP contribution >= 0.6 is 0 Å². The predicted molar refractivity (Wildman–Crippen MR) is 83.7 cm³/mol. The minimum absolute atomic E-state index is 0.118. The number of hydrogen-bond acceptors (Lipinski definition) is 1. The molecule has 0 aliphatic carbocycles.